The predicted molar refractivity (Wildman–Crippen MR) is 71.4 cm³/mol. The molecule has 0 spiro atoms. The number of esters is 1. The molecule has 2 unspecified atom stereocenters. The van der Waals surface area contributed by atoms with Crippen molar-refractivity contribution in [3.05, 3.63) is 10.6 Å². The van der Waals surface area contributed by atoms with Crippen molar-refractivity contribution in [2.45, 2.75) is 38.3 Å². The van der Waals surface area contributed by atoms with Gasteiger partial charge in [-0.3, -0.25) is 4.79 Å². The number of β-amino-alcohol motifs (C(OH)–C–C–N with tert-alkyl or cyclic N) is 1. The van der Waals surface area contributed by atoms with E-state index in [2.05, 4.69) is 14.3 Å². The topological polar surface area (TPSA) is 92.6 Å². The van der Waals surface area contributed by atoms with E-state index >= 15 is 0 Å². The highest BCUT2D eigenvalue weighted by Crippen LogP contribution is 2.24. The van der Waals surface area contributed by atoms with Crippen LogP contribution in [0.5, 0.6) is 0 Å². The molecule has 0 aliphatic carbocycles. The molecule has 0 saturated carbocycles. The van der Waals surface area contributed by atoms with Crippen molar-refractivity contribution in [2.75, 3.05) is 13.7 Å². The quantitative estimate of drug-likeness (QED) is 0.801. The Morgan fingerprint density at radius 2 is 2.30 bits per heavy atom. The van der Waals surface area contributed by atoms with Gasteiger partial charge in [-0.05, 0) is 18.0 Å². The van der Waals surface area contributed by atoms with Gasteiger partial charge in [0.05, 0.1) is 18.9 Å². The summed E-state index contributed by atoms with van der Waals surface area (Å²) in [6, 6.07) is -0.737. The van der Waals surface area contributed by atoms with E-state index in [1.165, 1.54) is 12.0 Å². The minimum absolute atomic E-state index is 0.127. The van der Waals surface area contributed by atoms with E-state index < -0.39 is 18.1 Å². The normalized spacial score (nSPS) is 22.1. The second-order valence-corrected chi connectivity index (χ2v) is 5.44. The Labute approximate surface area is 120 Å². The average molecular weight is 299 g/mol. The number of carbonyl (C=O) groups is 2. The van der Waals surface area contributed by atoms with Crippen molar-refractivity contribution in [2.24, 2.45) is 0 Å². The van der Waals surface area contributed by atoms with Crippen LogP contribution in [0.1, 0.15) is 35.1 Å². The fraction of sp³-hybridized carbons (Fsp3) is 0.667. The number of aromatic nitrogens is 2. The zero-order chi connectivity index (χ0) is 14.7. The predicted octanol–water partition coefficient (Wildman–Crippen LogP) is 0.239. The molecule has 1 aromatic heterocycles. The number of methoxy groups -OCH3 is 1. The van der Waals surface area contributed by atoms with Gasteiger partial charge in [0.1, 0.15) is 10.9 Å². The van der Waals surface area contributed by atoms with Gasteiger partial charge >= 0.3 is 5.97 Å². The number of ether oxygens (including phenoxy) is 1. The Balaban J connectivity index is 2.22. The summed E-state index contributed by atoms with van der Waals surface area (Å²) < 4.78 is 8.49. The number of amides is 1. The molecule has 110 valence electrons. The third-order valence-electron chi connectivity index (χ3n) is 3.25. The van der Waals surface area contributed by atoms with Gasteiger partial charge in [0.25, 0.3) is 5.91 Å². The first-order valence-corrected chi connectivity index (χ1v) is 7.23. The maximum absolute atomic E-state index is 12.5. The molecular formula is C12H17N3O4S. The van der Waals surface area contributed by atoms with E-state index in [0.717, 1.165) is 18.0 Å². The summed E-state index contributed by atoms with van der Waals surface area (Å²) in [4.78, 5) is 26.0. The maximum atomic E-state index is 12.5. The van der Waals surface area contributed by atoms with Gasteiger partial charge in [-0.2, -0.15) is 0 Å². The first-order valence-electron chi connectivity index (χ1n) is 6.46. The van der Waals surface area contributed by atoms with Crippen molar-refractivity contribution < 1.29 is 19.4 Å². The molecule has 20 heavy (non-hydrogen) atoms. The number of likely N-dealkylation sites (tertiary alicyclic amines) is 1. The van der Waals surface area contributed by atoms with Crippen LogP contribution in [0.3, 0.4) is 0 Å². The van der Waals surface area contributed by atoms with Gasteiger partial charge in [0.2, 0.25) is 0 Å². The molecule has 1 aromatic rings. The number of hydrogen-bond donors (Lipinski definition) is 1. The van der Waals surface area contributed by atoms with Crippen LogP contribution in [0, 0.1) is 0 Å². The maximum Gasteiger partial charge on any atom is 0.328 e. The molecule has 1 amide bonds. The SMILES string of the molecule is CCCc1nnsc1C(=O)N1CC(O)CC1C(=O)OC. The second kappa shape index (κ2) is 6.27. The fourth-order valence-electron chi connectivity index (χ4n) is 2.30. The molecule has 1 fully saturated rings. The van der Waals surface area contributed by atoms with Crippen molar-refractivity contribution in [3.63, 3.8) is 0 Å². The summed E-state index contributed by atoms with van der Waals surface area (Å²) in [7, 11) is 1.27. The molecule has 2 rings (SSSR count). The summed E-state index contributed by atoms with van der Waals surface area (Å²) in [5.41, 5.74) is 0.646. The number of hydrogen-bond acceptors (Lipinski definition) is 7. The molecule has 0 aromatic carbocycles. The fourth-order valence-corrected chi connectivity index (χ4v) is 2.96. The lowest BCUT2D eigenvalue weighted by molar-refractivity contribution is -0.145. The molecule has 7 nitrogen and oxygen atoms in total. The lowest BCUT2D eigenvalue weighted by Crippen LogP contribution is -2.41. The average Bonchev–Trinajstić information content (AvgIpc) is 3.04. The van der Waals surface area contributed by atoms with Crippen LogP contribution >= 0.6 is 11.5 Å². The molecule has 1 aliphatic rings. The number of carbonyl (C=O) groups excluding carboxylic acids is 2. The minimum Gasteiger partial charge on any atom is -0.467 e. The van der Waals surface area contributed by atoms with Gasteiger partial charge in [0.15, 0.2) is 0 Å². The summed E-state index contributed by atoms with van der Waals surface area (Å²) in [5.74, 6) is -0.820. The Morgan fingerprint density at radius 3 is 2.95 bits per heavy atom. The van der Waals surface area contributed by atoms with Crippen LogP contribution in [0.4, 0.5) is 0 Å². The summed E-state index contributed by atoms with van der Waals surface area (Å²) in [6.45, 7) is 2.12. The van der Waals surface area contributed by atoms with Crippen molar-refractivity contribution in [1.29, 1.82) is 0 Å². The Morgan fingerprint density at radius 1 is 1.55 bits per heavy atom. The Hall–Kier alpha value is -1.54. The van der Waals surface area contributed by atoms with Crippen LogP contribution in [-0.2, 0) is 16.0 Å². The van der Waals surface area contributed by atoms with Gasteiger partial charge in [-0.1, -0.05) is 17.8 Å². The number of aliphatic hydroxyl groups is 1. The highest BCUT2D eigenvalue weighted by Gasteiger charge is 2.41. The molecule has 1 saturated heterocycles. The number of aliphatic hydroxyl groups excluding tert-OH is 1. The third-order valence-corrected chi connectivity index (χ3v) is 4.01. The molecule has 2 heterocycles. The molecule has 1 N–H and O–H groups in total. The van der Waals surface area contributed by atoms with Gasteiger partial charge in [-0.25, -0.2) is 4.79 Å². The van der Waals surface area contributed by atoms with Gasteiger partial charge < -0.3 is 14.7 Å². The van der Waals surface area contributed by atoms with Crippen molar-refractivity contribution in [1.82, 2.24) is 14.5 Å². The van der Waals surface area contributed by atoms with E-state index in [4.69, 9.17) is 0 Å². The molecule has 0 radical (unpaired) electrons. The highest BCUT2D eigenvalue weighted by atomic mass is 32.1. The number of rotatable bonds is 4. The lowest BCUT2D eigenvalue weighted by Gasteiger charge is -2.21. The van der Waals surface area contributed by atoms with E-state index in [9.17, 15) is 14.7 Å². The zero-order valence-corrected chi connectivity index (χ0v) is 12.2. The molecular weight excluding hydrogens is 282 g/mol. The smallest absolute Gasteiger partial charge is 0.328 e. The number of aryl methyl sites for hydroxylation is 1. The molecule has 1 aliphatic heterocycles. The van der Waals surface area contributed by atoms with Crippen LogP contribution in [0.15, 0.2) is 0 Å². The van der Waals surface area contributed by atoms with E-state index in [0.29, 0.717) is 17.0 Å². The summed E-state index contributed by atoms with van der Waals surface area (Å²) in [5, 5.41) is 13.7. The third kappa shape index (κ3) is 2.80. The first-order chi connectivity index (χ1) is 9.58. The van der Waals surface area contributed by atoms with Crippen molar-refractivity contribution >= 4 is 23.4 Å². The summed E-state index contributed by atoms with van der Waals surface area (Å²) in [6.07, 6.45) is 1.01. The first kappa shape index (κ1) is 14.9. The van der Waals surface area contributed by atoms with Crippen LogP contribution < -0.4 is 0 Å². The van der Waals surface area contributed by atoms with Crippen LogP contribution in [-0.4, -0.2) is 57.3 Å². The van der Waals surface area contributed by atoms with Gasteiger partial charge in [-0.15, -0.1) is 5.10 Å². The van der Waals surface area contributed by atoms with E-state index in [1.54, 1.807) is 0 Å². The van der Waals surface area contributed by atoms with Crippen molar-refractivity contribution in [3.8, 4) is 0 Å². The zero-order valence-electron chi connectivity index (χ0n) is 11.4. The number of nitrogens with zero attached hydrogens (tertiary/aromatic N) is 3. The molecule has 0 bridgehead atoms. The Bertz CT molecular complexity index is 505. The minimum atomic E-state index is -0.737. The monoisotopic (exact) mass is 299 g/mol. The standard InChI is InChI=1S/C12H17N3O4S/c1-3-4-8-10(20-14-13-8)11(17)15-6-7(16)5-9(15)12(18)19-2/h7,9,16H,3-6H2,1-2H3. The second-order valence-electron chi connectivity index (χ2n) is 4.68. The van der Waals surface area contributed by atoms with E-state index in [1.807, 2.05) is 6.92 Å². The lowest BCUT2D eigenvalue weighted by atomic mass is 10.2. The molecule has 2 atom stereocenters. The molecule has 8 heteroatoms. The Kier molecular flexibility index (Phi) is 4.66. The van der Waals surface area contributed by atoms with Gasteiger partial charge in [0, 0.05) is 13.0 Å². The highest BCUT2D eigenvalue weighted by molar-refractivity contribution is 7.08. The van der Waals surface area contributed by atoms with E-state index in [-0.39, 0.29) is 18.9 Å². The van der Waals surface area contributed by atoms with Crippen LogP contribution in [0.25, 0.3) is 0 Å². The largest absolute Gasteiger partial charge is 0.467 e. The summed E-state index contributed by atoms with van der Waals surface area (Å²) >= 11 is 1.02. The van der Waals surface area contributed by atoms with Crippen LogP contribution in [0.2, 0.25) is 0 Å².